The minimum atomic E-state index is -1.03. The minimum absolute atomic E-state index is 0.219. The van der Waals surface area contributed by atoms with Crippen LogP contribution < -0.4 is 0 Å². The van der Waals surface area contributed by atoms with Crippen molar-refractivity contribution < 1.29 is 14.3 Å². The highest BCUT2D eigenvalue weighted by molar-refractivity contribution is 5.82. The summed E-state index contributed by atoms with van der Waals surface area (Å²) in [6, 6.07) is 4.75. The number of halogens is 1. The Kier molecular flexibility index (Phi) is 2.19. The van der Waals surface area contributed by atoms with Crippen molar-refractivity contribution in [1.29, 1.82) is 0 Å². The summed E-state index contributed by atoms with van der Waals surface area (Å²) < 4.78 is 15.3. The Morgan fingerprint density at radius 2 is 2.27 bits per heavy atom. The van der Waals surface area contributed by atoms with Crippen molar-refractivity contribution in [3.05, 3.63) is 35.8 Å². The molecule has 1 aromatic carbocycles. The molecule has 78 valence electrons. The average molecular weight is 207 g/mol. The fraction of sp³-hybridized carbons (Fsp3) is 0.182. The lowest BCUT2D eigenvalue weighted by Crippen LogP contribution is -2.02. The first-order valence-corrected chi connectivity index (χ1v) is 4.53. The fourth-order valence-corrected chi connectivity index (χ4v) is 1.63. The van der Waals surface area contributed by atoms with Crippen molar-refractivity contribution in [2.45, 2.75) is 6.42 Å². The first-order valence-electron chi connectivity index (χ1n) is 4.53. The molecule has 0 unspecified atom stereocenters. The highest BCUT2D eigenvalue weighted by atomic mass is 19.1. The Labute approximate surface area is 85.7 Å². The van der Waals surface area contributed by atoms with E-state index in [9.17, 15) is 9.18 Å². The van der Waals surface area contributed by atoms with E-state index >= 15 is 0 Å². The normalized spacial score (nSPS) is 10.8. The third kappa shape index (κ3) is 1.70. The molecule has 3 nitrogen and oxygen atoms in total. The lowest BCUT2D eigenvalue weighted by Gasteiger charge is -2.02. The SMILES string of the molecule is Cn1ccc2cc(F)c(CC(=O)O)cc21. The molecule has 0 radical (unpaired) electrons. The molecular weight excluding hydrogens is 197 g/mol. The van der Waals surface area contributed by atoms with Crippen LogP contribution in [0.3, 0.4) is 0 Å². The van der Waals surface area contributed by atoms with Crippen LogP contribution in [0.1, 0.15) is 5.56 Å². The first-order chi connectivity index (χ1) is 7.08. The van der Waals surface area contributed by atoms with Crippen LogP contribution in [0.2, 0.25) is 0 Å². The summed E-state index contributed by atoms with van der Waals surface area (Å²) in [5.41, 5.74) is 1.06. The highest BCUT2D eigenvalue weighted by Crippen LogP contribution is 2.20. The van der Waals surface area contributed by atoms with Gasteiger partial charge in [-0.05, 0) is 18.2 Å². The van der Waals surface area contributed by atoms with E-state index in [1.54, 1.807) is 12.1 Å². The quantitative estimate of drug-likeness (QED) is 0.817. The van der Waals surface area contributed by atoms with E-state index in [1.165, 1.54) is 6.07 Å². The fourth-order valence-electron chi connectivity index (χ4n) is 1.63. The number of nitrogens with zero attached hydrogens (tertiary/aromatic N) is 1. The summed E-state index contributed by atoms with van der Waals surface area (Å²) in [5, 5.41) is 9.39. The maximum absolute atomic E-state index is 13.4. The van der Waals surface area contributed by atoms with Crippen LogP contribution in [-0.2, 0) is 18.3 Å². The molecule has 1 aromatic heterocycles. The van der Waals surface area contributed by atoms with Crippen LogP contribution >= 0.6 is 0 Å². The predicted octanol–water partition coefficient (Wildman–Crippen LogP) is 1.94. The van der Waals surface area contributed by atoms with E-state index in [1.807, 2.05) is 17.8 Å². The summed E-state index contributed by atoms with van der Waals surface area (Å²) in [7, 11) is 1.84. The van der Waals surface area contributed by atoms with Crippen molar-refractivity contribution in [3.63, 3.8) is 0 Å². The zero-order valence-corrected chi connectivity index (χ0v) is 8.20. The van der Waals surface area contributed by atoms with Crippen molar-refractivity contribution >= 4 is 16.9 Å². The third-order valence-electron chi connectivity index (χ3n) is 2.40. The maximum atomic E-state index is 13.4. The molecule has 0 spiro atoms. The molecule has 0 aliphatic heterocycles. The monoisotopic (exact) mass is 207 g/mol. The number of aryl methyl sites for hydroxylation is 1. The van der Waals surface area contributed by atoms with Crippen LogP contribution in [0.4, 0.5) is 4.39 Å². The number of hydrogen-bond donors (Lipinski definition) is 1. The van der Waals surface area contributed by atoms with Gasteiger partial charge in [0.15, 0.2) is 0 Å². The summed E-state index contributed by atoms with van der Waals surface area (Å²) in [4.78, 5) is 10.5. The molecule has 0 saturated carbocycles. The lowest BCUT2D eigenvalue weighted by atomic mass is 10.1. The number of carbonyl (C=O) groups is 1. The Morgan fingerprint density at radius 1 is 1.53 bits per heavy atom. The number of benzene rings is 1. The lowest BCUT2D eigenvalue weighted by molar-refractivity contribution is -0.136. The summed E-state index contributed by atoms with van der Waals surface area (Å²) in [6.07, 6.45) is 1.53. The van der Waals surface area contributed by atoms with Crippen molar-refractivity contribution in [3.8, 4) is 0 Å². The van der Waals surface area contributed by atoms with Gasteiger partial charge in [0.25, 0.3) is 0 Å². The van der Waals surface area contributed by atoms with Gasteiger partial charge in [0.1, 0.15) is 5.82 Å². The molecular formula is C11H10FNO2. The van der Waals surface area contributed by atoms with Gasteiger partial charge in [0.2, 0.25) is 0 Å². The largest absolute Gasteiger partial charge is 0.481 e. The highest BCUT2D eigenvalue weighted by Gasteiger charge is 2.09. The average Bonchev–Trinajstić information content (AvgIpc) is 2.48. The standard InChI is InChI=1S/C11H10FNO2/c1-13-3-2-7-4-9(12)8(5-10(7)13)6-11(14)15/h2-5H,6H2,1H3,(H,14,15). The van der Waals surface area contributed by atoms with Gasteiger partial charge in [-0.15, -0.1) is 0 Å². The number of rotatable bonds is 2. The minimum Gasteiger partial charge on any atom is -0.481 e. The van der Waals surface area contributed by atoms with Crippen molar-refractivity contribution in [2.75, 3.05) is 0 Å². The first kappa shape index (κ1) is 9.71. The molecule has 2 aromatic rings. The van der Waals surface area contributed by atoms with Crippen molar-refractivity contribution in [1.82, 2.24) is 4.57 Å². The van der Waals surface area contributed by atoms with Crippen molar-refractivity contribution in [2.24, 2.45) is 7.05 Å². The van der Waals surface area contributed by atoms with Crippen LogP contribution in [0.25, 0.3) is 10.9 Å². The van der Waals surface area contributed by atoms with E-state index in [2.05, 4.69) is 0 Å². The predicted molar refractivity (Wildman–Crippen MR) is 54.2 cm³/mol. The molecule has 1 N–H and O–H groups in total. The van der Waals surface area contributed by atoms with Gasteiger partial charge in [-0.1, -0.05) is 0 Å². The topological polar surface area (TPSA) is 42.2 Å². The molecule has 1 heterocycles. The smallest absolute Gasteiger partial charge is 0.307 e. The Morgan fingerprint density at radius 3 is 2.93 bits per heavy atom. The summed E-state index contributed by atoms with van der Waals surface area (Å²) >= 11 is 0. The Balaban J connectivity index is 2.59. The number of aliphatic carboxylic acids is 1. The van der Waals surface area contributed by atoms with E-state index in [0.717, 1.165) is 10.9 Å². The molecule has 0 aliphatic rings. The molecule has 0 fully saturated rings. The van der Waals surface area contributed by atoms with Gasteiger partial charge in [-0.2, -0.15) is 0 Å². The van der Waals surface area contributed by atoms with Crippen LogP contribution in [-0.4, -0.2) is 15.6 Å². The van der Waals surface area contributed by atoms with Gasteiger partial charge in [-0.3, -0.25) is 4.79 Å². The van der Waals surface area contributed by atoms with Crippen LogP contribution in [0, 0.1) is 5.82 Å². The molecule has 0 saturated heterocycles. The number of carboxylic acids is 1. The summed E-state index contributed by atoms with van der Waals surface area (Å²) in [6.45, 7) is 0. The second-order valence-electron chi connectivity index (χ2n) is 3.50. The van der Waals surface area contributed by atoms with Gasteiger partial charge in [0, 0.05) is 29.7 Å². The Hall–Kier alpha value is -1.84. The molecule has 0 atom stereocenters. The number of carboxylic acid groups (broad SMARTS) is 1. The second-order valence-corrected chi connectivity index (χ2v) is 3.50. The maximum Gasteiger partial charge on any atom is 0.307 e. The van der Waals surface area contributed by atoms with E-state index in [-0.39, 0.29) is 12.0 Å². The zero-order valence-electron chi connectivity index (χ0n) is 8.20. The van der Waals surface area contributed by atoms with E-state index in [0.29, 0.717) is 0 Å². The van der Waals surface area contributed by atoms with Crippen LogP contribution in [0.5, 0.6) is 0 Å². The van der Waals surface area contributed by atoms with Gasteiger partial charge >= 0.3 is 5.97 Å². The van der Waals surface area contributed by atoms with E-state index in [4.69, 9.17) is 5.11 Å². The number of aromatic nitrogens is 1. The molecule has 0 amide bonds. The van der Waals surface area contributed by atoms with Gasteiger partial charge in [-0.25, -0.2) is 4.39 Å². The summed E-state index contributed by atoms with van der Waals surface area (Å²) in [5.74, 6) is -1.49. The van der Waals surface area contributed by atoms with Gasteiger partial charge < -0.3 is 9.67 Å². The third-order valence-corrected chi connectivity index (χ3v) is 2.40. The molecule has 0 bridgehead atoms. The number of hydrogen-bond acceptors (Lipinski definition) is 1. The molecule has 0 aliphatic carbocycles. The molecule has 2 rings (SSSR count). The molecule has 4 heteroatoms. The Bertz CT molecular complexity index is 531. The number of fused-ring (bicyclic) bond motifs is 1. The second kappa shape index (κ2) is 3.38. The molecule has 15 heavy (non-hydrogen) atoms. The van der Waals surface area contributed by atoms with E-state index < -0.39 is 11.8 Å². The van der Waals surface area contributed by atoms with Crippen LogP contribution in [0.15, 0.2) is 24.4 Å². The van der Waals surface area contributed by atoms with Gasteiger partial charge in [0.05, 0.1) is 6.42 Å². The zero-order chi connectivity index (χ0) is 11.0.